The molecule has 0 N–H and O–H groups in total. The molecule has 0 spiro atoms. The van der Waals surface area contributed by atoms with Crippen LogP contribution in [0.25, 0.3) is 16.6 Å². The molecule has 2 heterocycles. The topological polar surface area (TPSA) is 21.1 Å². The standard InChI is InChI=1S/C27H26F3N3/c1-17-14-21(16-32(4)18(17)2)25-31-23-11-10-22(26(12-13-26)27(28,29)30)15-24(23)33(25)19(3)20-8-6-5-7-9-20/h5-11,14-16,19H,2,12-13H2,1,3-4H3/t19-/m0/s1. The van der Waals surface area contributed by atoms with Crippen LogP contribution >= 0.6 is 0 Å². The molecule has 0 radical (unpaired) electrons. The van der Waals surface area contributed by atoms with Crippen LogP contribution in [0.1, 0.15) is 49.7 Å². The maximum Gasteiger partial charge on any atom is 0.398 e. The summed E-state index contributed by atoms with van der Waals surface area (Å²) in [5.74, 6) is 0.731. The fraction of sp³-hybridized carbons (Fsp3) is 0.296. The fourth-order valence-corrected chi connectivity index (χ4v) is 4.77. The highest BCUT2D eigenvalue weighted by Crippen LogP contribution is 2.59. The van der Waals surface area contributed by atoms with Gasteiger partial charge in [-0.2, -0.15) is 13.2 Å². The zero-order valence-corrected chi connectivity index (χ0v) is 18.9. The van der Waals surface area contributed by atoms with Gasteiger partial charge in [-0.1, -0.05) is 43.0 Å². The van der Waals surface area contributed by atoms with E-state index in [4.69, 9.17) is 4.98 Å². The summed E-state index contributed by atoms with van der Waals surface area (Å²) in [7, 11) is 1.94. The Labute approximate surface area is 191 Å². The molecule has 6 heteroatoms. The van der Waals surface area contributed by atoms with Crippen molar-refractivity contribution in [3.63, 3.8) is 0 Å². The van der Waals surface area contributed by atoms with Gasteiger partial charge >= 0.3 is 6.18 Å². The zero-order valence-electron chi connectivity index (χ0n) is 18.9. The van der Waals surface area contributed by atoms with Crippen LogP contribution < -0.4 is 0 Å². The lowest BCUT2D eigenvalue weighted by molar-refractivity contribution is -0.160. The van der Waals surface area contributed by atoms with E-state index >= 15 is 0 Å². The van der Waals surface area contributed by atoms with Gasteiger partial charge in [0, 0.05) is 24.5 Å². The highest BCUT2D eigenvalue weighted by Gasteiger charge is 2.64. The number of nitrogens with zero attached hydrogens (tertiary/aromatic N) is 3. The van der Waals surface area contributed by atoms with E-state index in [2.05, 4.69) is 18.1 Å². The zero-order chi connectivity index (χ0) is 23.5. The van der Waals surface area contributed by atoms with Gasteiger partial charge in [0.05, 0.1) is 22.5 Å². The lowest BCUT2D eigenvalue weighted by Crippen LogP contribution is -2.28. The third kappa shape index (κ3) is 3.39. The Balaban J connectivity index is 1.74. The van der Waals surface area contributed by atoms with Gasteiger partial charge in [-0.25, -0.2) is 4.98 Å². The van der Waals surface area contributed by atoms with Gasteiger partial charge < -0.3 is 9.47 Å². The van der Waals surface area contributed by atoms with Crippen molar-refractivity contribution in [3.05, 3.63) is 95.6 Å². The van der Waals surface area contributed by atoms with Gasteiger partial charge in [0.2, 0.25) is 0 Å². The lowest BCUT2D eigenvalue weighted by atomic mass is 9.95. The quantitative estimate of drug-likeness (QED) is 0.428. The summed E-state index contributed by atoms with van der Waals surface area (Å²) < 4.78 is 43.7. The third-order valence-electron chi connectivity index (χ3n) is 7.05. The molecule has 0 saturated heterocycles. The van der Waals surface area contributed by atoms with E-state index < -0.39 is 11.6 Å². The van der Waals surface area contributed by atoms with Gasteiger partial charge in [0.15, 0.2) is 0 Å². The molecule has 0 unspecified atom stereocenters. The van der Waals surface area contributed by atoms with E-state index in [1.165, 1.54) is 0 Å². The molecule has 3 nitrogen and oxygen atoms in total. The van der Waals surface area contributed by atoms with E-state index in [9.17, 15) is 13.2 Å². The Hall–Kier alpha value is -3.28. The van der Waals surface area contributed by atoms with Gasteiger partial charge in [0.25, 0.3) is 0 Å². The van der Waals surface area contributed by atoms with Gasteiger partial charge in [0.1, 0.15) is 5.82 Å². The lowest BCUT2D eigenvalue weighted by Gasteiger charge is -2.25. The Morgan fingerprint density at radius 2 is 1.79 bits per heavy atom. The molecule has 1 aromatic heterocycles. The number of hydrogen-bond acceptors (Lipinski definition) is 2. The molecule has 1 fully saturated rings. The Morgan fingerprint density at radius 1 is 1.09 bits per heavy atom. The number of halogens is 3. The van der Waals surface area contributed by atoms with Crippen LogP contribution in [0.2, 0.25) is 0 Å². The second-order valence-corrected chi connectivity index (χ2v) is 9.14. The van der Waals surface area contributed by atoms with E-state index in [1.54, 1.807) is 18.2 Å². The van der Waals surface area contributed by atoms with Crippen molar-refractivity contribution in [2.45, 2.75) is 44.3 Å². The number of aromatic nitrogens is 2. The van der Waals surface area contributed by atoms with Crippen LogP contribution in [0.4, 0.5) is 13.2 Å². The van der Waals surface area contributed by atoms with Crippen LogP contribution in [0.15, 0.2) is 78.7 Å². The Morgan fingerprint density at radius 3 is 2.39 bits per heavy atom. The first-order chi connectivity index (χ1) is 15.6. The van der Waals surface area contributed by atoms with Crippen molar-refractivity contribution in [1.29, 1.82) is 0 Å². The highest BCUT2D eigenvalue weighted by molar-refractivity contribution is 5.84. The van der Waals surface area contributed by atoms with Crippen LogP contribution in [0.5, 0.6) is 0 Å². The maximum absolute atomic E-state index is 13.9. The van der Waals surface area contributed by atoms with Crippen molar-refractivity contribution in [1.82, 2.24) is 14.5 Å². The van der Waals surface area contributed by atoms with Crippen molar-refractivity contribution in [3.8, 4) is 0 Å². The first kappa shape index (κ1) is 21.6. The number of imidazole rings is 1. The number of allylic oxidation sites excluding steroid dienone is 3. The molecule has 1 aliphatic heterocycles. The normalized spacial score (nSPS) is 18.8. The molecule has 0 amide bonds. The van der Waals surface area contributed by atoms with Crippen molar-refractivity contribution < 1.29 is 13.2 Å². The van der Waals surface area contributed by atoms with Crippen molar-refractivity contribution in [2.24, 2.45) is 0 Å². The van der Waals surface area contributed by atoms with Crippen LogP contribution in [0.3, 0.4) is 0 Å². The average molecular weight is 450 g/mol. The highest BCUT2D eigenvalue weighted by atomic mass is 19.4. The molecule has 33 heavy (non-hydrogen) atoms. The number of likely N-dealkylation sites (N-methyl/N-ethyl adjacent to an activating group) is 1. The molecular weight excluding hydrogens is 423 g/mol. The summed E-state index contributed by atoms with van der Waals surface area (Å²) in [5.41, 5.74) is 3.89. The molecule has 2 aromatic carbocycles. The Bertz CT molecular complexity index is 1310. The molecule has 1 saturated carbocycles. The molecule has 2 aliphatic rings. The second-order valence-electron chi connectivity index (χ2n) is 9.14. The van der Waals surface area contributed by atoms with E-state index in [0.717, 1.165) is 28.2 Å². The summed E-state index contributed by atoms with van der Waals surface area (Å²) >= 11 is 0. The van der Waals surface area contributed by atoms with E-state index in [1.807, 2.05) is 61.5 Å². The molecule has 1 aliphatic carbocycles. The minimum absolute atomic E-state index is 0.118. The largest absolute Gasteiger partial charge is 0.398 e. The van der Waals surface area contributed by atoms with Crippen molar-refractivity contribution >= 4 is 16.6 Å². The summed E-state index contributed by atoms with van der Waals surface area (Å²) in [4.78, 5) is 6.85. The predicted molar refractivity (Wildman–Crippen MR) is 126 cm³/mol. The SMILES string of the molecule is C=C1C(C)=CC(c2nc3ccc(C4(C(F)(F)F)CC4)cc3n2[C@@H](C)c2ccccc2)=CN1C. The third-order valence-corrected chi connectivity index (χ3v) is 7.05. The average Bonchev–Trinajstić information content (AvgIpc) is 3.53. The molecule has 170 valence electrons. The molecule has 5 rings (SSSR count). The van der Waals surface area contributed by atoms with E-state index in [0.29, 0.717) is 16.6 Å². The second kappa shape index (κ2) is 7.37. The van der Waals surface area contributed by atoms with Crippen LogP contribution in [0, 0.1) is 0 Å². The van der Waals surface area contributed by atoms with Crippen molar-refractivity contribution in [2.75, 3.05) is 7.05 Å². The van der Waals surface area contributed by atoms with Gasteiger partial charge in [-0.15, -0.1) is 0 Å². The summed E-state index contributed by atoms with van der Waals surface area (Å²) in [6, 6.07) is 14.9. The number of fused-ring (bicyclic) bond motifs is 1. The molecular formula is C27H26F3N3. The predicted octanol–water partition coefficient (Wildman–Crippen LogP) is 6.99. The van der Waals surface area contributed by atoms with Crippen LogP contribution in [-0.4, -0.2) is 27.7 Å². The summed E-state index contributed by atoms with van der Waals surface area (Å²) in [6.45, 7) is 8.16. The minimum Gasteiger partial charge on any atom is -0.351 e. The van der Waals surface area contributed by atoms with E-state index in [-0.39, 0.29) is 18.9 Å². The molecule has 1 atom stereocenters. The molecule has 3 aromatic rings. The summed E-state index contributed by atoms with van der Waals surface area (Å²) in [6.07, 6.45) is 0.0310. The van der Waals surface area contributed by atoms with Gasteiger partial charge in [-0.3, -0.25) is 0 Å². The van der Waals surface area contributed by atoms with Crippen LogP contribution in [-0.2, 0) is 5.41 Å². The van der Waals surface area contributed by atoms with Gasteiger partial charge in [-0.05, 0) is 61.6 Å². The minimum atomic E-state index is -4.26. The monoisotopic (exact) mass is 449 g/mol. The molecule has 0 bridgehead atoms. The number of alkyl halides is 3. The maximum atomic E-state index is 13.9. The first-order valence-electron chi connectivity index (χ1n) is 11.1. The smallest absolute Gasteiger partial charge is 0.351 e. The Kier molecular flexibility index (Phi) is 4.82. The number of hydrogen-bond donors (Lipinski definition) is 0. The summed E-state index contributed by atoms with van der Waals surface area (Å²) in [5, 5.41) is 0. The first-order valence-corrected chi connectivity index (χ1v) is 11.1. The number of benzene rings is 2. The number of rotatable bonds is 4. The fourth-order valence-electron chi connectivity index (χ4n) is 4.77.